The molecule has 23 heavy (non-hydrogen) atoms. The zero-order valence-corrected chi connectivity index (χ0v) is 16.4. The van der Waals surface area contributed by atoms with Crippen molar-refractivity contribution in [1.82, 2.24) is 10.2 Å². The molecule has 128 valence electrons. The first-order valence-electron chi connectivity index (χ1n) is 7.75. The van der Waals surface area contributed by atoms with Gasteiger partial charge in [-0.2, -0.15) is 0 Å². The van der Waals surface area contributed by atoms with Crippen molar-refractivity contribution in [3.8, 4) is 0 Å². The highest BCUT2D eigenvalue weighted by Gasteiger charge is 2.10. The van der Waals surface area contributed by atoms with E-state index in [9.17, 15) is 0 Å². The molecule has 2 heterocycles. The number of aliphatic imine (C=N–C) groups is 1. The molecule has 0 saturated carbocycles. The quantitative estimate of drug-likeness (QED) is 0.412. The normalized spacial score (nSPS) is 11.2. The molecule has 2 aromatic heterocycles. The molecular weight excluding hydrogens is 405 g/mol. The minimum atomic E-state index is 0. The molecule has 0 aromatic carbocycles. The molecule has 0 amide bonds. The van der Waals surface area contributed by atoms with Gasteiger partial charge in [0.25, 0.3) is 0 Å². The fourth-order valence-corrected chi connectivity index (χ4v) is 2.19. The van der Waals surface area contributed by atoms with Crippen LogP contribution < -0.4 is 5.32 Å². The first kappa shape index (κ1) is 19.6. The lowest BCUT2D eigenvalue weighted by Gasteiger charge is -2.22. The van der Waals surface area contributed by atoms with Gasteiger partial charge in [0.2, 0.25) is 0 Å². The molecule has 5 nitrogen and oxygen atoms in total. The van der Waals surface area contributed by atoms with Crippen molar-refractivity contribution in [3.63, 3.8) is 0 Å². The number of guanidine groups is 1. The molecule has 0 bridgehead atoms. The van der Waals surface area contributed by atoms with Gasteiger partial charge < -0.3 is 19.1 Å². The molecule has 0 aliphatic rings. The summed E-state index contributed by atoms with van der Waals surface area (Å²) in [6.07, 6.45) is 5.31. The van der Waals surface area contributed by atoms with Gasteiger partial charge in [0, 0.05) is 38.7 Å². The number of halogens is 1. The van der Waals surface area contributed by atoms with Gasteiger partial charge in [-0.1, -0.05) is 6.92 Å². The smallest absolute Gasteiger partial charge is 0.193 e. The van der Waals surface area contributed by atoms with E-state index in [4.69, 9.17) is 8.83 Å². The monoisotopic (exact) mass is 431 g/mol. The highest BCUT2D eigenvalue weighted by atomic mass is 127. The van der Waals surface area contributed by atoms with Gasteiger partial charge in [-0.15, -0.1) is 24.0 Å². The van der Waals surface area contributed by atoms with Crippen molar-refractivity contribution in [3.05, 3.63) is 47.8 Å². The summed E-state index contributed by atoms with van der Waals surface area (Å²) < 4.78 is 10.7. The number of hydrogen-bond acceptors (Lipinski definition) is 3. The minimum absolute atomic E-state index is 0. The van der Waals surface area contributed by atoms with Gasteiger partial charge in [0.05, 0.1) is 12.5 Å². The van der Waals surface area contributed by atoms with E-state index in [1.54, 1.807) is 12.5 Å². The highest BCUT2D eigenvalue weighted by molar-refractivity contribution is 14.0. The van der Waals surface area contributed by atoms with Gasteiger partial charge in [0.15, 0.2) is 5.96 Å². The van der Waals surface area contributed by atoms with Crippen molar-refractivity contribution < 1.29 is 8.83 Å². The average molecular weight is 431 g/mol. The Labute approximate surface area is 155 Å². The van der Waals surface area contributed by atoms with Gasteiger partial charge in [-0.3, -0.25) is 4.99 Å². The Morgan fingerprint density at radius 3 is 2.70 bits per heavy atom. The first-order chi connectivity index (χ1) is 10.7. The molecule has 0 radical (unpaired) electrons. The molecule has 0 fully saturated rings. The van der Waals surface area contributed by atoms with Gasteiger partial charge in [-0.25, -0.2) is 0 Å². The van der Waals surface area contributed by atoms with Gasteiger partial charge in [-0.05, 0) is 31.5 Å². The molecule has 0 saturated heterocycles. The molecular formula is C17H26IN3O2. The van der Waals surface area contributed by atoms with Crippen molar-refractivity contribution >= 4 is 29.9 Å². The molecule has 0 aliphatic heterocycles. The molecule has 0 aliphatic carbocycles. The Morgan fingerprint density at radius 1 is 1.26 bits per heavy atom. The minimum Gasteiger partial charge on any atom is -0.469 e. The maximum absolute atomic E-state index is 5.36. The van der Waals surface area contributed by atoms with Crippen LogP contribution in [0.1, 0.15) is 30.4 Å². The average Bonchev–Trinajstić information content (AvgIpc) is 3.15. The van der Waals surface area contributed by atoms with Crippen LogP contribution >= 0.6 is 24.0 Å². The van der Waals surface area contributed by atoms with E-state index in [1.807, 2.05) is 32.2 Å². The third-order valence-corrected chi connectivity index (χ3v) is 3.46. The summed E-state index contributed by atoms with van der Waals surface area (Å²) in [4.78, 5) is 6.76. The maximum atomic E-state index is 5.36. The predicted molar refractivity (Wildman–Crippen MR) is 103 cm³/mol. The van der Waals surface area contributed by atoms with Crippen LogP contribution in [-0.4, -0.2) is 31.0 Å². The number of aryl methyl sites for hydroxylation is 1. The third kappa shape index (κ3) is 6.29. The number of furan rings is 2. The number of rotatable bonds is 7. The lowest BCUT2D eigenvalue weighted by molar-refractivity contribution is 0.458. The fourth-order valence-electron chi connectivity index (χ4n) is 2.19. The summed E-state index contributed by atoms with van der Waals surface area (Å²) in [7, 11) is 2.04. The second-order valence-corrected chi connectivity index (χ2v) is 5.32. The van der Waals surface area contributed by atoms with Crippen molar-refractivity contribution in [2.75, 3.05) is 20.1 Å². The number of hydrogen-bond donors (Lipinski definition) is 1. The van der Waals surface area contributed by atoms with Crippen LogP contribution in [0.25, 0.3) is 0 Å². The molecule has 0 unspecified atom stereocenters. The zero-order valence-electron chi connectivity index (χ0n) is 14.0. The first-order valence-corrected chi connectivity index (χ1v) is 7.75. The molecule has 2 rings (SSSR count). The summed E-state index contributed by atoms with van der Waals surface area (Å²) in [6, 6.07) is 5.91. The summed E-state index contributed by atoms with van der Waals surface area (Å²) in [5.74, 6) is 2.85. The standard InChI is InChI=1S/C17H25N3O2.HI/c1-4-9-18-17(19-10-7-16-6-5-11-22-16)20(3)13-15-8-12-21-14(15)2;/h5-6,8,11-12H,4,7,9-10,13H2,1-3H3,(H,18,19);1H. The number of nitrogens with one attached hydrogen (secondary N) is 1. The summed E-state index contributed by atoms with van der Waals surface area (Å²) in [5.41, 5.74) is 1.18. The molecule has 0 atom stereocenters. The second-order valence-electron chi connectivity index (χ2n) is 5.32. The van der Waals surface area contributed by atoms with Crippen LogP contribution in [0.4, 0.5) is 0 Å². The Morgan fingerprint density at radius 2 is 2.09 bits per heavy atom. The van der Waals surface area contributed by atoms with Crippen LogP contribution in [0.3, 0.4) is 0 Å². The molecule has 6 heteroatoms. The van der Waals surface area contributed by atoms with Crippen LogP contribution in [0, 0.1) is 6.92 Å². The lowest BCUT2D eigenvalue weighted by atomic mass is 10.2. The largest absolute Gasteiger partial charge is 0.469 e. The van der Waals surface area contributed by atoms with Crippen LogP contribution in [0.15, 0.2) is 44.6 Å². The second kappa shape index (κ2) is 10.4. The molecule has 0 spiro atoms. The highest BCUT2D eigenvalue weighted by Crippen LogP contribution is 2.11. The third-order valence-electron chi connectivity index (χ3n) is 3.46. The van der Waals surface area contributed by atoms with E-state index in [1.165, 1.54) is 5.56 Å². The van der Waals surface area contributed by atoms with Crippen LogP contribution in [-0.2, 0) is 13.0 Å². The molecule has 2 aromatic rings. The lowest BCUT2D eigenvalue weighted by Crippen LogP contribution is -2.39. The van der Waals surface area contributed by atoms with Gasteiger partial charge >= 0.3 is 0 Å². The van der Waals surface area contributed by atoms with Crippen molar-refractivity contribution in [2.45, 2.75) is 33.2 Å². The van der Waals surface area contributed by atoms with Crippen LogP contribution in [0.5, 0.6) is 0 Å². The number of nitrogens with zero attached hydrogens (tertiary/aromatic N) is 2. The van der Waals surface area contributed by atoms with Crippen LogP contribution in [0.2, 0.25) is 0 Å². The Bertz CT molecular complexity index is 578. The topological polar surface area (TPSA) is 53.9 Å². The summed E-state index contributed by atoms with van der Waals surface area (Å²) in [6.45, 7) is 6.50. The SMILES string of the molecule is CCCN=C(NCCc1ccco1)N(C)Cc1ccoc1C.I. The zero-order chi connectivity index (χ0) is 15.8. The Kier molecular flexibility index (Phi) is 8.83. The van der Waals surface area contributed by atoms with E-state index < -0.39 is 0 Å². The Balaban J connectivity index is 0.00000264. The van der Waals surface area contributed by atoms with Crippen molar-refractivity contribution in [1.29, 1.82) is 0 Å². The van der Waals surface area contributed by atoms with E-state index in [0.29, 0.717) is 0 Å². The van der Waals surface area contributed by atoms with E-state index in [2.05, 4.69) is 22.1 Å². The predicted octanol–water partition coefficient (Wildman–Crippen LogP) is 3.83. The summed E-state index contributed by atoms with van der Waals surface area (Å²) in [5, 5.41) is 3.41. The Hall–Kier alpha value is -1.44. The summed E-state index contributed by atoms with van der Waals surface area (Å²) >= 11 is 0. The molecule has 1 N–H and O–H groups in total. The fraction of sp³-hybridized carbons (Fsp3) is 0.471. The van der Waals surface area contributed by atoms with E-state index in [0.717, 1.165) is 50.0 Å². The maximum Gasteiger partial charge on any atom is 0.193 e. The van der Waals surface area contributed by atoms with E-state index in [-0.39, 0.29) is 24.0 Å². The van der Waals surface area contributed by atoms with Crippen molar-refractivity contribution in [2.24, 2.45) is 4.99 Å². The van der Waals surface area contributed by atoms with Gasteiger partial charge in [0.1, 0.15) is 11.5 Å². The van der Waals surface area contributed by atoms with E-state index >= 15 is 0 Å².